The second-order valence-electron chi connectivity index (χ2n) is 3.79. The number of aryl methyl sites for hydroxylation is 1. The predicted molar refractivity (Wildman–Crippen MR) is 63.4 cm³/mol. The lowest BCUT2D eigenvalue weighted by Crippen LogP contribution is -2.24. The summed E-state index contributed by atoms with van der Waals surface area (Å²) in [5.74, 6) is 0.0988. The number of Topliss-reactive ketones (excluding diaryl/α,β-unsaturated/α-hetero) is 1. The summed E-state index contributed by atoms with van der Waals surface area (Å²) in [5, 5.41) is 0. The van der Waals surface area contributed by atoms with Crippen molar-refractivity contribution >= 4 is 5.78 Å². The van der Waals surface area contributed by atoms with Crippen LogP contribution in [-0.4, -0.2) is 24.0 Å². The molecule has 0 saturated heterocycles. The van der Waals surface area contributed by atoms with E-state index < -0.39 is 0 Å². The molecule has 1 unspecified atom stereocenters. The zero-order valence-corrected chi connectivity index (χ0v) is 10.2. The lowest BCUT2D eigenvalue weighted by Gasteiger charge is -2.11. The first kappa shape index (κ1) is 12.8. The van der Waals surface area contributed by atoms with Crippen LogP contribution in [0.15, 0.2) is 18.3 Å². The Kier molecular flexibility index (Phi) is 5.12. The average Bonchev–Trinajstić information content (AvgIpc) is 2.31. The second-order valence-corrected chi connectivity index (χ2v) is 3.79. The first-order chi connectivity index (χ1) is 7.71. The van der Waals surface area contributed by atoms with Gasteiger partial charge in [0, 0.05) is 19.0 Å². The normalized spacial score (nSPS) is 12.4. The van der Waals surface area contributed by atoms with E-state index in [1.807, 2.05) is 25.3 Å². The molecule has 0 aromatic carbocycles. The molecule has 0 aliphatic rings. The van der Waals surface area contributed by atoms with E-state index in [0.29, 0.717) is 12.8 Å². The maximum absolute atomic E-state index is 11.8. The van der Waals surface area contributed by atoms with Crippen molar-refractivity contribution in [1.29, 1.82) is 0 Å². The Morgan fingerprint density at radius 2 is 2.19 bits per heavy atom. The Labute approximate surface area is 96.8 Å². The van der Waals surface area contributed by atoms with Crippen molar-refractivity contribution in [2.24, 2.45) is 0 Å². The Morgan fingerprint density at radius 3 is 2.62 bits per heavy atom. The number of pyridine rings is 1. The molecule has 3 nitrogen and oxygen atoms in total. The summed E-state index contributed by atoms with van der Waals surface area (Å²) in [4.78, 5) is 16.0. The standard InChI is InChI=1S/C13H19NO2/c1-4-10-6-7-11(14-9-10)8-12(15)13(5-2)16-3/h6-7,9,13H,4-5,8H2,1-3H3. The van der Waals surface area contributed by atoms with Gasteiger partial charge < -0.3 is 4.74 Å². The van der Waals surface area contributed by atoms with Crippen LogP contribution >= 0.6 is 0 Å². The third-order valence-electron chi connectivity index (χ3n) is 2.66. The van der Waals surface area contributed by atoms with E-state index in [0.717, 1.165) is 12.1 Å². The second kappa shape index (κ2) is 6.38. The molecule has 0 fully saturated rings. The first-order valence-corrected chi connectivity index (χ1v) is 5.70. The summed E-state index contributed by atoms with van der Waals surface area (Å²) in [6.45, 7) is 4.03. The largest absolute Gasteiger partial charge is 0.374 e. The number of rotatable bonds is 6. The minimum atomic E-state index is -0.298. The van der Waals surface area contributed by atoms with Crippen molar-refractivity contribution in [1.82, 2.24) is 4.98 Å². The van der Waals surface area contributed by atoms with Crippen molar-refractivity contribution in [3.8, 4) is 0 Å². The quantitative estimate of drug-likeness (QED) is 0.739. The number of ether oxygens (including phenoxy) is 1. The summed E-state index contributed by atoms with van der Waals surface area (Å²) >= 11 is 0. The number of hydrogen-bond donors (Lipinski definition) is 0. The number of aromatic nitrogens is 1. The zero-order valence-electron chi connectivity index (χ0n) is 10.2. The van der Waals surface area contributed by atoms with Crippen LogP contribution in [0, 0.1) is 0 Å². The highest BCUT2D eigenvalue weighted by molar-refractivity contribution is 5.84. The van der Waals surface area contributed by atoms with Gasteiger partial charge in [-0.05, 0) is 24.5 Å². The molecule has 1 atom stereocenters. The van der Waals surface area contributed by atoms with Crippen LogP contribution in [0.3, 0.4) is 0 Å². The highest BCUT2D eigenvalue weighted by Crippen LogP contribution is 2.06. The third-order valence-corrected chi connectivity index (χ3v) is 2.66. The van der Waals surface area contributed by atoms with Crippen molar-refractivity contribution in [3.05, 3.63) is 29.6 Å². The maximum Gasteiger partial charge on any atom is 0.167 e. The molecule has 0 radical (unpaired) electrons. The van der Waals surface area contributed by atoms with E-state index in [1.54, 1.807) is 7.11 Å². The van der Waals surface area contributed by atoms with E-state index in [4.69, 9.17) is 4.74 Å². The van der Waals surface area contributed by atoms with Gasteiger partial charge in [0.15, 0.2) is 5.78 Å². The Balaban J connectivity index is 2.62. The number of methoxy groups -OCH3 is 1. The molecule has 1 rings (SSSR count). The summed E-state index contributed by atoms with van der Waals surface area (Å²) in [6, 6.07) is 3.93. The highest BCUT2D eigenvalue weighted by Gasteiger charge is 2.15. The summed E-state index contributed by atoms with van der Waals surface area (Å²) < 4.78 is 5.10. The minimum absolute atomic E-state index is 0.0988. The molecule has 16 heavy (non-hydrogen) atoms. The average molecular weight is 221 g/mol. The van der Waals surface area contributed by atoms with Crippen molar-refractivity contribution < 1.29 is 9.53 Å². The van der Waals surface area contributed by atoms with Gasteiger partial charge in [0.25, 0.3) is 0 Å². The topological polar surface area (TPSA) is 39.2 Å². The molecule has 0 N–H and O–H groups in total. The lowest BCUT2D eigenvalue weighted by atomic mass is 10.1. The molecule has 1 heterocycles. The molecule has 1 aromatic heterocycles. The Morgan fingerprint density at radius 1 is 1.44 bits per heavy atom. The van der Waals surface area contributed by atoms with E-state index in [1.165, 1.54) is 5.56 Å². The van der Waals surface area contributed by atoms with Gasteiger partial charge in [-0.15, -0.1) is 0 Å². The molecule has 0 spiro atoms. The van der Waals surface area contributed by atoms with E-state index in [2.05, 4.69) is 11.9 Å². The monoisotopic (exact) mass is 221 g/mol. The number of carbonyl (C=O) groups excluding carboxylic acids is 1. The van der Waals surface area contributed by atoms with Gasteiger partial charge in [-0.3, -0.25) is 9.78 Å². The number of carbonyl (C=O) groups is 1. The molecule has 0 bridgehead atoms. The van der Waals surface area contributed by atoms with Gasteiger partial charge in [0.2, 0.25) is 0 Å². The Hall–Kier alpha value is -1.22. The van der Waals surface area contributed by atoms with Crippen molar-refractivity contribution in [3.63, 3.8) is 0 Å². The van der Waals surface area contributed by atoms with Crippen LogP contribution in [0.4, 0.5) is 0 Å². The van der Waals surface area contributed by atoms with Crippen molar-refractivity contribution in [2.45, 2.75) is 39.2 Å². The summed E-state index contributed by atoms with van der Waals surface area (Å²) in [5.41, 5.74) is 2.01. The van der Waals surface area contributed by atoms with Gasteiger partial charge in [0.05, 0.1) is 6.42 Å². The van der Waals surface area contributed by atoms with Crippen LogP contribution < -0.4 is 0 Å². The maximum atomic E-state index is 11.8. The number of ketones is 1. The van der Waals surface area contributed by atoms with E-state index >= 15 is 0 Å². The van der Waals surface area contributed by atoms with Crippen LogP contribution in [-0.2, 0) is 22.4 Å². The van der Waals surface area contributed by atoms with Crippen molar-refractivity contribution in [2.75, 3.05) is 7.11 Å². The first-order valence-electron chi connectivity index (χ1n) is 5.70. The Bertz CT molecular complexity index is 328. The highest BCUT2D eigenvalue weighted by atomic mass is 16.5. The molecule has 3 heteroatoms. The lowest BCUT2D eigenvalue weighted by molar-refractivity contribution is -0.128. The molecular weight excluding hydrogens is 202 g/mol. The fourth-order valence-electron chi connectivity index (χ4n) is 1.59. The number of nitrogens with zero attached hydrogens (tertiary/aromatic N) is 1. The van der Waals surface area contributed by atoms with Crippen LogP contribution in [0.5, 0.6) is 0 Å². The number of hydrogen-bond acceptors (Lipinski definition) is 3. The van der Waals surface area contributed by atoms with Crippen LogP contribution in [0.2, 0.25) is 0 Å². The summed E-state index contributed by atoms with van der Waals surface area (Å²) in [7, 11) is 1.57. The van der Waals surface area contributed by atoms with Crippen LogP contribution in [0.1, 0.15) is 31.5 Å². The molecule has 0 aliphatic carbocycles. The molecule has 1 aromatic rings. The molecule has 0 aliphatic heterocycles. The smallest absolute Gasteiger partial charge is 0.167 e. The molecule has 0 saturated carbocycles. The van der Waals surface area contributed by atoms with Crippen LogP contribution in [0.25, 0.3) is 0 Å². The van der Waals surface area contributed by atoms with Gasteiger partial charge in [0.1, 0.15) is 6.10 Å². The van der Waals surface area contributed by atoms with E-state index in [-0.39, 0.29) is 11.9 Å². The van der Waals surface area contributed by atoms with Gasteiger partial charge >= 0.3 is 0 Å². The molecular formula is C13H19NO2. The molecule has 0 amide bonds. The summed E-state index contributed by atoms with van der Waals surface area (Å²) in [6.07, 6.45) is 3.57. The molecule has 88 valence electrons. The van der Waals surface area contributed by atoms with Gasteiger partial charge in [-0.25, -0.2) is 0 Å². The van der Waals surface area contributed by atoms with E-state index in [9.17, 15) is 4.79 Å². The zero-order chi connectivity index (χ0) is 12.0. The fourth-order valence-corrected chi connectivity index (χ4v) is 1.59. The van der Waals surface area contributed by atoms with Gasteiger partial charge in [-0.2, -0.15) is 0 Å². The third kappa shape index (κ3) is 3.42. The fraction of sp³-hybridized carbons (Fsp3) is 0.538. The minimum Gasteiger partial charge on any atom is -0.374 e. The van der Waals surface area contributed by atoms with Gasteiger partial charge in [-0.1, -0.05) is 19.9 Å². The predicted octanol–water partition coefficient (Wildman–Crippen LogP) is 2.18. The SMILES string of the molecule is CCc1ccc(CC(=O)C(CC)OC)nc1.